The van der Waals surface area contributed by atoms with Gasteiger partial charge in [0.05, 0.1) is 0 Å². The van der Waals surface area contributed by atoms with E-state index in [1.165, 1.54) is 66.1 Å². The van der Waals surface area contributed by atoms with Crippen LogP contribution in [0.1, 0.15) is 65.6 Å². The normalized spacial score (nSPS) is 16.8. The minimum absolute atomic E-state index is 0. The number of fused-ring (bicyclic) bond motifs is 4. The van der Waals surface area contributed by atoms with Gasteiger partial charge in [0.15, 0.2) is 0 Å². The number of rotatable bonds is 4. The van der Waals surface area contributed by atoms with Crippen LogP contribution < -0.4 is 24.8 Å². The Hall–Kier alpha value is -3.00. The molecule has 6 aromatic carbocycles. The third kappa shape index (κ3) is 5.18. The topological polar surface area (TPSA) is 0 Å². The van der Waals surface area contributed by atoms with Gasteiger partial charge in [-0.1, -0.05) is 0 Å². The van der Waals surface area contributed by atoms with Gasteiger partial charge in [0, 0.05) is 0 Å². The van der Waals surface area contributed by atoms with Crippen molar-refractivity contribution in [2.45, 2.75) is 44.2 Å². The van der Waals surface area contributed by atoms with Crippen LogP contribution in [0.4, 0.5) is 0 Å². The number of halogens is 2. The summed E-state index contributed by atoms with van der Waals surface area (Å²) in [6.45, 7) is 11.9. The van der Waals surface area contributed by atoms with Gasteiger partial charge in [0.2, 0.25) is 0 Å². The average molecular weight is 761 g/mol. The first kappa shape index (κ1) is 34.8. The maximum Gasteiger partial charge on any atom is -1.00 e. The molecular formula is C44H42Cl2SiZr. The van der Waals surface area contributed by atoms with Crippen molar-refractivity contribution in [1.29, 1.82) is 0 Å². The molecule has 2 unspecified atom stereocenters. The Morgan fingerprint density at radius 3 is 1.25 bits per heavy atom. The SMILES string of the molecule is CC1=C(c2cccc3ccccc23)c2ccc(C)cc2[CH]1[Zr+2]([CH3])([CH3])(=[SiH2])[CH]1C(C)=C(c2cccc3ccccc23)c2ccc(C)cc21.[Cl-].[Cl-]. The molecule has 48 heavy (non-hydrogen) atoms. The second-order valence-corrected chi connectivity index (χ2v) is 45.6. The van der Waals surface area contributed by atoms with Crippen LogP contribution >= 0.6 is 0 Å². The summed E-state index contributed by atoms with van der Waals surface area (Å²) >= 11 is -3.84. The fourth-order valence-electron chi connectivity index (χ4n) is 9.69. The van der Waals surface area contributed by atoms with Crippen molar-refractivity contribution < 1.29 is 42.2 Å². The van der Waals surface area contributed by atoms with Crippen LogP contribution in [0.5, 0.6) is 0 Å². The standard InChI is InChI=1S/2C21H17.2CH3.2ClH.H2Si.Zr/c2*1-14-10-11-19-17(12-14)13-15(2)21(19)20-9-5-7-16-6-3-4-8-18(16)20;;;;;;/h2*3-13H,1-2H3;2*1H3;2*1H;1H2;/q;;;;;;;+2/p-2. The zero-order valence-corrected chi connectivity index (χ0v) is 34.0. The molecule has 0 fully saturated rings. The van der Waals surface area contributed by atoms with Gasteiger partial charge in [-0.3, -0.25) is 0 Å². The molecule has 2 aliphatic rings. The minimum atomic E-state index is -3.84. The fourth-order valence-corrected chi connectivity index (χ4v) is 30.6. The number of hydrogen-bond donors (Lipinski definition) is 0. The summed E-state index contributed by atoms with van der Waals surface area (Å²) in [6, 6.07) is 46.1. The third-order valence-corrected chi connectivity index (χ3v) is 29.1. The van der Waals surface area contributed by atoms with Crippen molar-refractivity contribution in [3.8, 4) is 0 Å². The van der Waals surface area contributed by atoms with Crippen molar-refractivity contribution in [3.05, 3.63) is 177 Å². The molecule has 4 heteroatoms. The Kier molecular flexibility index (Phi) is 9.00. The summed E-state index contributed by atoms with van der Waals surface area (Å²) in [4.78, 5) is 0. The summed E-state index contributed by atoms with van der Waals surface area (Å²) in [7, 11) is 0. The van der Waals surface area contributed by atoms with Crippen LogP contribution in [0.3, 0.4) is 0 Å². The molecule has 0 aliphatic heterocycles. The van der Waals surface area contributed by atoms with Crippen molar-refractivity contribution in [3.63, 3.8) is 0 Å². The fraction of sp³-hybridized carbons (Fsp3) is 0.182. The summed E-state index contributed by atoms with van der Waals surface area (Å²) in [6.07, 6.45) is 0. The molecule has 0 nitrogen and oxygen atoms in total. The summed E-state index contributed by atoms with van der Waals surface area (Å²) in [5.41, 5.74) is 17.6. The van der Waals surface area contributed by atoms with E-state index in [0.29, 0.717) is 7.25 Å². The maximum absolute atomic E-state index is 3.84. The predicted molar refractivity (Wildman–Crippen MR) is 199 cm³/mol. The van der Waals surface area contributed by atoms with Crippen LogP contribution in [0.2, 0.25) is 9.26 Å². The first-order valence-corrected chi connectivity index (χ1v) is 30.4. The molecule has 0 bridgehead atoms. The van der Waals surface area contributed by atoms with Gasteiger partial charge in [-0.25, -0.2) is 0 Å². The summed E-state index contributed by atoms with van der Waals surface area (Å²) in [5.74, 6) is 0. The smallest absolute Gasteiger partial charge is 1.00 e. The van der Waals surface area contributed by atoms with Crippen molar-refractivity contribution in [1.82, 2.24) is 0 Å². The first-order chi connectivity index (χ1) is 22.0. The molecule has 8 rings (SSSR count). The van der Waals surface area contributed by atoms with Crippen molar-refractivity contribution in [2.75, 3.05) is 0 Å². The molecule has 0 aromatic heterocycles. The molecule has 0 amide bonds. The van der Waals surface area contributed by atoms with E-state index in [4.69, 9.17) is 0 Å². The zero-order chi connectivity index (χ0) is 32.0. The van der Waals surface area contributed by atoms with Crippen molar-refractivity contribution in [2.24, 2.45) is 0 Å². The minimum Gasteiger partial charge on any atom is -1.00 e. The predicted octanol–water partition coefficient (Wildman–Crippen LogP) is 5.40. The van der Waals surface area contributed by atoms with E-state index in [1.807, 2.05) is 0 Å². The van der Waals surface area contributed by atoms with E-state index < -0.39 is 17.4 Å². The molecule has 0 saturated carbocycles. The van der Waals surface area contributed by atoms with Gasteiger partial charge >= 0.3 is 278 Å². The third-order valence-electron chi connectivity index (χ3n) is 11.2. The van der Waals surface area contributed by atoms with E-state index >= 15 is 0 Å². The zero-order valence-electron chi connectivity index (χ0n) is 28.7. The Morgan fingerprint density at radius 2 is 0.833 bits per heavy atom. The van der Waals surface area contributed by atoms with Gasteiger partial charge in [-0.15, -0.1) is 0 Å². The van der Waals surface area contributed by atoms with E-state index in [9.17, 15) is 0 Å². The van der Waals surface area contributed by atoms with Crippen LogP contribution in [0, 0.1) is 13.8 Å². The van der Waals surface area contributed by atoms with Gasteiger partial charge in [-0.05, 0) is 0 Å². The molecule has 0 saturated heterocycles. The van der Waals surface area contributed by atoms with Gasteiger partial charge in [0.25, 0.3) is 0 Å². The second kappa shape index (κ2) is 12.4. The Balaban J connectivity index is 0.00000201. The summed E-state index contributed by atoms with van der Waals surface area (Å²) < 4.78 is 6.45. The molecule has 0 N–H and O–H groups in total. The van der Waals surface area contributed by atoms with Gasteiger partial charge in [0.1, 0.15) is 0 Å². The average Bonchev–Trinajstić information content (AvgIpc) is 3.50. The molecule has 240 valence electrons. The van der Waals surface area contributed by atoms with E-state index in [2.05, 4.69) is 165 Å². The number of hydrogen-bond acceptors (Lipinski definition) is 0. The van der Waals surface area contributed by atoms with E-state index in [0.717, 1.165) is 0 Å². The molecule has 2 aliphatic carbocycles. The number of allylic oxidation sites excluding steroid dienone is 2. The Labute approximate surface area is 300 Å². The summed E-state index contributed by atoms with van der Waals surface area (Å²) in [5, 5.41) is 5.32. The molecule has 0 heterocycles. The quantitative estimate of drug-likeness (QED) is 0.211. The molecule has 2 atom stereocenters. The van der Waals surface area contributed by atoms with Crippen LogP contribution in [0.15, 0.2) is 132 Å². The molecular weight excluding hydrogens is 719 g/mol. The molecule has 0 radical (unpaired) electrons. The van der Waals surface area contributed by atoms with E-state index in [1.54, 1.807) is 22.3 Å². The van der Waals surface area contributed by atoms with Gasteiger partial charge in [-0.2, -0.15) is 0 Å². The first-order valence-electron chi connectivity index (χ1n) is 16.7. The Bertz CT molecular complexity index is 2230. The number of benzene rings is 6. The number of aryl methyl sites for hydroxylation is 2. The monoisotopic (exact) mass is 758 g/mol. The molecule has 6 aromatic rings. The van der Waals surface area contributed by atoms with E-state index in [-0.39, 0.29) is 24.8 Å². The van der Waals surface area contributed by atoms with Crippen LogP contribution in [0.25, 0.3) is 32.7 Å². The van der Waals surface area contributed by atoms with Crippen molar-refractivity contribution >= 4 is 39.6 Å². The van der Waals surface area contributed by atoms with Gasteiger partial charge < -0.3 is 24.8 Å². The Morgan fingerprint density at radius 1 is 0.458 bits per heavy atom. The molecule has 0 spiro atoms. The van der Waals surface area contributed by atoms with Crippen LogP contribution in [-0.4, -0.2) is 6.88 Å². The van der Waals surface area contributed by atoms with Crippen LogP contribution in [-0.2, 0) is 17.4 Å². The largest absolute Gasteiger partial charge is 1.00 e. The second-order valence-electron chi connectivity index (χ2n) is 15.2. The maximum atomic E-state index is 2.78.